The molecule has 1 unspecified atom stereocenters. The van der Waals surface area contributed by atoms with Crippen molar-refractivity contribution < 1.29 is 46.9 Å². The number of rotatable bonds is 9. The summed E-state index contributed by atoms with van der Waals surface area (Å²) in [7, 11) is -0.999. The maximum Gasteiger partial charge on any atom is 0.405 e. The smallest absolute Gasteiger partial charge is 0.405 e. The molecule has 2 aliphatic carbocycles. The fourth-order valence-electron chi connectivity index (χ4n) is 7.48. The molecule has 1 aromatic heterocycles. The lowest BCUT2D eigenvalue weighted by molar-refractivity contribution is -0.142. The number of sulfonamides is 1. The number of hydrogen-bond donors (Lipinski definition) is 4. The molecule has 1 saturated heterocycles. The molecule has 1 aromatic carbocycles. The summed E-state index contributed by atoms with van der Waals surface area (Å²) in [5, 5.41) is 16.5. The van der Waals surface area contributed by atoms with E-state index in [4.69, 9.17) is 14.2 Å². The minimum absolute atomic E-state index is 0.0146. The molecule has 0 radical (unpaired) electrons. The Hall–Kier alpha value is -4.44. The van der Waals surface area contributed by atoms with Crippen molar-refractivity contribution in [2.75, 3.05) is 27.4 Å². The second-order valence-electron chi connectivity index (χ2n) is 14.8. The SMILES string of the molecule is COC[C@@H]1CC(C)CCC=C[C@@H]2C[C@@]2(C(=O)NS(=O)(=O)C2(C)CC2)NC(=O)[C@@H]2C[C@@H](Oc3ncc(OC)c4ccccc34)CN2C(=O)[C@H]1NC(=O)O. The minimum atomic E-state index is -4.01. The number of amides is 4. The number of hydrogen-bond acceptors (Lipinski definition) is 10. The number of nitrogens with zero attached hydrogens (tertiary/aromatic N) is 2. The number of fused-ring (bicyclic) bond motifs is 3. The minimum Gasteiger partial charge on any atom is -0.494 e. The number of benzene rings is 1. The van der Waals surface area contributed by atoms with Crippen molar-refractivity contribution >= 4 is 44.6 Å². The Morgan fingerprint density at radius 2 is 1.87 bits per heavy atom. The van der Waals surface area contributed by atoms with Crippen LogP contribution in [0.25, 0.3) is 10.8 Å². The van der Waals surface area contributed by atoms with Crippen LogP contribution in [0, 0.1) is 17.8 Å². The van der Waals surface area contributed by atoms with Gasteiger partial charge in [-0.2, -0.15) is 0 Å². The van der Waals surface area contributed by atoms with E-state index in [2.05, 4.69) is 20.3 Å². The molecule has 7 atom stereocenters. The molecule has 0 spiro atoms. The molecule has 4 N–H and O–H groups in total. The first-order valence-electron chi connectivity index (χ1n) is 17.6. The second-order valence-corrected chi connectivity index (χ2v) is 17.0. The van der Waals surface area contributed by atoms with Gasteiger partial charge < -0.3 is 34.9 Å². The molecule has 52 heavy (non-hydrogen) atoms. The Balaban J connectivity index is 1.36. The monoisotopic (exact) mass is 741 g/mol. The molecule has 0 bridgehead atoms. The van der Waals surface area contributed by atoms with Crippen molar-refractivity contribution in [2.24, 2.45) is 17.8 Å². The van der Waals surface area contributed by atoms with Gasteiger partial charge in [-0.1, -0.05) is 37.3 Å². The Morgan fingerprint density at radius 3 is 2.54 bits per heavy atom. The van der Waals surface area contributed by atoms with Crippen LogP contribution in [0.3, 0.4) is 0 Å². The molecule has 2 aliphatic heterocycles. The highest BCUT2D eigenvalue weighted by Gasteiger charge is 2.63. The summed E-state index contributed by atoms with van der Waals surface area (Å²) in [5.74, 6) is -2.35. The quantitative estimate of drug-likeness (QED) is 0.275. The number of carbonyl (C=O) groups is 4. The van der Waals surface area contributed by atoms with Gasteiger partial charge in [0.2, 0.25) is 27.7 Å². The average molecular weight is 742 g/mol. The number of ether oxygens (including phenoxy) is 3. The first kappa shape index (κ1) is 37.3. The number of methoxy groups -OCH3 is 2. The summed E-state index contributed by atoms with van der Waals surface area (Å²) < 4.78 is 44.7. The molecule has 2 aromatic rings. The molecular weight excluding hydrogens is 694 g/mol. The number of allylic oxidation sites excluding steroid dienone is 1. The third-order valence-electron chi connectivity index (χ3n) is 11.0. The van der Waals surface area contributed by atoms with Gasteiger partial charge in [0.1, 0.15) is 29.5 Å². The maximum absolute atomic E-state index is 14.5. The van der Waals surface area contributed by atoms with E-state index in [-0.39, 0.29) is 37.8 Å². The van der Waals surface area contributed by atoms with Crippen LogP contribution < -0.4 is 24.8 Å². The van der Waals surface area contributed by atoms with E-state index in [9.17, 15) is 32.7 Å². The molecule has 4 aliphatic rings. The third-order valence-corrected chi connectivity index (χ3v) is 13.1. The lowest BCUT2D eigenvalue weighted by atomic mass is 9.87. The number of pyridine rings is 1. The highest BCUT2D eigenvalue weighted by atomic mass is 32.2. The summed E-state index contributed by atoms with van der Waals surface area (Å²) in [6.45, 7) is 3.57. The fourth-order valence-corrected chi connectivity index (χ4v) is 8.79. The van der Waals surface area contributed by atoms with E-state index in [1.807, 2.05) is 43.3 Å². The van der Waals surface area contributed by atoms with Crippen LogP contribution in [-0.4, -0.2) is 103 Å². The zero-order valence-corrected chi connectivity index (χ0v) is 30.6. The topological polar surface area (TPSA) is 203 Å². The van der Waals surface area contributed by atoms with Gasteiger partial charge >= 0.3 is 6.09 Å². The molecule has 4 amide bonds. The van der Waals surface area contributed by atoms with E-state index in [0.29, 0.717) is 43.2 Å². The van der Waals surface area contributed by atoms with Crippen molar-refractivity contribution in [1.29, 1.82) is 0 Å². The Kier molecular flexibility index (Phi) is 10.4. The van der Waals surface area contributed by atoms with E-state index >= 15 is 0 Å². The molecule has 15 nitrogen and oxygen atoms in total. The Labute approximate surface area is 302 Å². The van der Waals surface area contributed by atoms with Crippen LogP contribution in [0.1, 0.15) is 58.8 Å². The first-order chi connectivity index (χ1) is 24.7. The van der Waals surface area contributed by atoms with Crippen molar-refractivity contribution in [2.45, 2.75) is 87.3 Å². The molecule has 16 heteroatoms. The fraction of sp³-hybridized carbons (Fsp3) is 0.583. The Morgan fingerprint density at radius 1 is 1.13 bits per heavy atom. The summed E-state index contributed by atoms with van der Waals surface area (Å²) in [6.07, 6.45) is 5.87. The van der Waals surface area contributed by atoms with Gasteiger partial charge in [-0.3, -0.25) is 19.1 Å². The van der Waals surface area contributed by atoms with Gasteiger partial charge in [-0.25, -0.2) is 18.2 Å². The third kappa shape index (κ3) is 7.40. The maximum atomic E-state index is 14.5. The van der Waals surface area contributed by atoms with Crippen LogP contribution in [0.4, 0.5) is 4.79 Å². The number of nitrogens with one attached hydrogen (secondary N) is 3. The highest BCUT2D eigenvalue weighted by Crippen LogP contribution is 2.47. The largest absolute Gasteiger partial charge is 0.494 e. The molecule has 3 fully saturated rings. The zero-order chi connectivity index (χ0) is 37.4. The van der Waals surface area contributed by atoms with Gasteiger partial charge in [-0.15, -0.1) is 0 Å². The van der Waals surface area contributed by atoms with E-state index in [0.717, 1.165) is 5.39 Å². The molecule has 3 heterocycles. The molecule has 2 saturated carbocycles. The summed E-state index contributed by atoms with van der Waals surface area (Å²) >= 11 is 0. The summed E-state index contributed by atoms with van der Waals surface area (Å²) in [6, 6.07) is 4.88. The number of aromatic nitrogens is 1. The van der Waals surface area contributed by atoms with E-state index in [1.165, 1.54) is 25.3 Å². The Bertz CT molecular complexity index is 1870. The molecule has 282 valence electrons. The van der Waals surface area contributed by atoms with Crippen LogP contribution in [0.5, 0.6) is 11.6 Å². The lowest BCUT2D eigenvalue weighted by Gasteiger charge is -2.33. The van der Waals surface area contributed by atoms with E-state index < -0.39 is 74.1 Å². The van der Waals surface area contributed by atoms with Crippen LogP contribution in [0.15, 0.2) is 42.6 Å². The van der Waals surface area contributed by atoms with Crippen LogP contribution in [0.2, 0.25) is 0 Å². The normalized spacial score (nSPS) is 30.2. The second kappa shape index (κ2) is 14.5. The van der Waals surface area contributed by atoms with Crippen molar-refractivity contribution in [3.05, 3.63) is 42.6 Å². The van der Waals surface area contributed by atoms with Gasteiger partial charge in [0.25, 0.3) is 5.91 Å². The molecule has 6 rings (SSSR count). The summed E-state index contributed by atoms with van der Waals surface area (Å²) in [4.78, 5) is 60.6. The first-order valence-corrected chi connectivity index (χ1v) is 19.1. The standard InChI is InChI=1S/C36H47N5O10S/c1-21-9-5-6-10-23-17-36(23,33(44)40-52(47,48)35(2)13-14-35)39-30(42)27-16-24(51-31-26-12-8-7-11-25(26)28(50-4)18-37-31)19-41(27)32(43)29(38-34(45)46)22(15-21)20-49-3/h6-8,10-12,18,21-24,27,29,38H,5,9,13-17,19-20H2,1-4H3,(H,39,42)(H,40,44)(H,45,46)/t21?,22-,23+,24+,27-,29-,36+/m0/s1. The van der Waals surface area contributed by atoms with Crippen molar-refractivity contribution in [1.82, 2.24) is 25.2 Å². The van der Waals surface area contributed by atoms with Gasteiger partial charge in [0, 0.05) is 36.1 Å². The number of carbonyl (C=O) groups excluding carboxylic acids is 3. The average Bonchev–Trinajstić information content (AvgIpc) is 3.98. The van der Waals surface area contributed by atoms with Gasteiger partial charge in [-0.05, 0) is 57.4 Å². The summed E-state index contributed by atoms with van der Waals surface area (Å²) in [5.41, 5.74) is -1.56. The predicted molar refractivity (Wildman–Crippen MR) is 189 cm³/mol. The van der Waals surface area contributed by atoms with Gasteiger partial charge in [0.05, 0.1) is 31.2 Å². The highest BCUT2D eigenvalue weighted by molar-refractivity contribution is 7.91. The zero-order valence-electron chi connectivity index (χ0n) is 29.8. The van der Waals surface area contributed by atoms with Crippen molar-refractivity contribution in [3.63, 3.8) is 0 Å². The lowest BCUT2D eigenvalue weighted by Crippen LogP contribution is -2.59. The van der Waals surface area contributed by atoms with Crippen molar-refractivity contribution in [3.8, 4) is 11.6 Å². The van der Waals surface area contributed by atoms with Crippen LogP contribution in [-0.2, 0) is 29.1 Å². The predicted octanol–water partition coefficient (Wildman–Crippen LogP) is 2.74. The van der Waals surface area contributed by atoms with Gasteiger partial charge in [0.15, 0.2) is 0 Å². The van der Waals surface area contributed by atoms with Crippen LogP contribution >= 0.6 is 0 Å². The number of carboxylic acid groups (broad SMARTS) is 1. The molecular formula is C36H47N5O10S. The van der Waals surface area contributed by atoms with E-state index in [1.54, 1.807) is 6.92 Å².